The molecule has 1 aliphatic rings. The van der Waals surface area contributed by atoms with Crippen LogP contribution >= 0.6 is 23.2 Å². The topological polar surface area (TPSA) is 64.1 Å². The highest BCUT2D eigenvalue weighted by molar-refractivity contribution is 6.33. The van der Waals surface area contributed by atoms with Crippen molar-refractivity contribution in [2.45, 2.75) is 19.5 Å². The quantitative estimate of drug-likeness (QED) is 0.708. The van der Waals surface area contributed by atoms with Crippen LogP contribution in [0.25, 0.3) is 0 Å². The van der Waals surface area contributed by atoms with Gasteiger partial charge in [-0.1, -0.05) is 29.3 Å². The molecule has 3 rings (SSSR count). The smallest absolute Gasteiger partial charge is 0.407 e. The van der Waals surface area contributed by atoms with E-state index in [4.69, 9.17) is 23.2 Å². The molecule has 0 aromatic heterocycles. The summed E-state index contributed by atoms with van der Waals surface area (Å²) in [4.78, 5) is 29.2. The number of urea groups is 1. The normalized spacial score (nSPS) is 16.5. The minimum absolute atomic E-state index is 0.110. The van der Waals surface area contributed by atoms with Gasteiger partial charge in [-0.3, -0.25) is 0 Å². The number of carbonyl (C=O) groups is 2. The van der Waals surface area contributed by atoms with Gasteiger partial charge in [-0.2, -0.15) is 0 Å². The molecule has 160 valence electrons. The largest absolute Gasteiger partial charge is 0.465 e. The molecule has 1 fully saturated rings. The Bertz CT molecular complexity index is 973. The molecule has 3 amide bonds. The summed E-state index contributed by atoms with van der Waals surface area (Å²) in [5, 5.41) is 10.4. The highest BCUT2D eigenvalue weighted by Gasteiger charge is 2.35. The van der Waals surface area contributed by atoms with Crippen molar-refractivity contribution in [3.05, 3.63) is 69.0 Å². The van der Waals surface area contributed by atoms with Gasteiger partial charge in [0, 0.05) is 43.3 Å². The van der Waals surface area contributed by atoms with E-state index in [0.29, 0.717) is 26.7 Å². The Hall–Kier alpha value is -2.51. The van der Waals surface area contributed by atoms with Gasteiger partial charge < -0.3 is 19.8 Å². The highest BCUT2D eigenvalue weighted by Crippen LogP contribution is 2.30. The number of benzene rings is 2. The number of piperazine rings is 1. The molecule has 1 saturated heterocycles. The van der Waals surface area contributed by atoms with Gasteiger partial charge in [0.05, 0.1) is 6.04 Å². The molecule has 0 bridgehead atoms. The van der Waals surface area contributed by atoms with Crippen molar-refractivity contribution < 1.29 is 19.1 Å². The lowest BCUT2D eigenvalue weighted by molar-refractivity contribution is 0.0711. The van der Waals surface area contributed by atoms with Crippen molar-refractivity contribution in [1.82, 2.24) is 14.7 Å². The second-order valence-electron chi connectivity index (χ2n) is 7.31. The number of nitrogens with zero attached hydrogens (tertiary/aromatic N) is 3. The first-order valence-corrected chi connectivity index (χ1v) is 10.1. The van der Waals surface area contributed by atoms with E-state index < -0.39 is 12.1 Å². The Kier molecular flexibility index (Phi) is 6.73. The predicted molar refractivity (Wildman–Crippen MR) is 114 cm³/mol. The molecule has 0 unspecified atom stereocenters. The number of carboxylic acid groups (broad SMARTS) is 1. The predicted octanol–water partition coefficient (Wildman–Crippen LogP) is 5.03. The van der Waals surface area contributed by atoms with E-state index in [1.807, 2.05) is 0 Å². The minimum Gasteiger partial charge on any atom is -0.465 e. The number of halogens is 3. The third kappa shape index (κ3) is 4.79. The third-order valence-electron chi connectivity index (χ3n) is 5.23. The number of rotatable bonds is 3. The molecule has 0 saturated carbocycles. The molecule has 30 heavy (non-hydrogen) atoms. The maximum atomic E-state index is 13.6. The number of carbonyl (C=O) groups excluding carboxylic acids is 1. The average molecular weight is 454 g/mol. The summed E-state index contributed by atoms with van der Waals surface area (Å²) in [7, 11) is 1.65. The van der Waals surface area contributed by atoms with Gasteiger partial charge in [0.1, 0.15) is 5.82 Å². The summed E-state index contributed by atoms with van der Waals surface area (Å²) in [6.45, 7) is 2.52. The number of hydrogen-bond acceptors (Lipinski definition) is 2. The molecule has 0 spiro atoms. The molecule has 6 nitrogen and oxygen atoms in total. The van der Waals surface area contributed by atoms with E-state index in [1.165, 1.54) is 21.9 Å². The molecule has 1 heterocycles. The van der Waals surface area contributed by atoms with Crippen molar-refractivity contribution >= 4 is 35.3 Å². The van der Waals surface area contributed by atoms with Crippen molar-refractivity contribution in [2.75, 3.05) is 26.7 Å². The summed E-state index contributed by atoms with van der Waals surface area (Å²) in [5.41, 5.74) is 2.08. The van der Waals surface area contributed by atoms with Crippen LogP contribution in [0.5, 0.6) is 0 Å². The molecule has 1 aliphatic heterocycles. The summed E-state index contributed by atoms with van der Waals surface area (Å²) >= 11 is 12.3. The van der Waals surface area contributed by atoms with E-state index in [2.05, 4.69) is 0 Å². The Morgan fingerprint density at radius 1 is 1.20 bits per heavy atom. The van der Waals surface area contributed by atoms with E-state index in [0.717, 1.165) is 0 Å². The number of amides is 3. The Morgan fingerprint density at radius 3 is 2.60 bits per heavy atom. The van der Waals surface area contributed by atoms with Gasteiger partial charge in [0.2, 0.25) is 0 Å². The van der Waals surface area contributed by atoms with Crippen molar-refractivity contribution in [1.29, 1.82) is 0 Å². The second-order valence-corrected chi connectivity index (χ2v) is 8.16. The fraction of sp³-hybridized carbons (Fsp3) is 0.333. The minimum atomic E-state index is -1.05. The standard InChI is InChI=1S/C21H22Cl2FN3O3/c1-13-9-16(24)4-5-17(13)19-12-26(21(29)30)7-8-27(19)20(28)25(2)11-14-10-15(22)3-6-18(14)23/h3-6,9-10,19H,7-8,11-12H2,1-2H3,(H,29,30)/t19-/m1/s1. The fourth-order valence-electron chi connectivity index (χ4n) is 3.67. The van der Waals surface area contributed by atoms with E-state index in [1.54, 1.807) is 43.1 Å². The lowest BCUT2D eigenvalue weighted by atomic mass is 9.97. The fourth-order valence-corrected chi connectivity index (χ4v) is 4.04. The van der Waals surface area contributed by atoms with Gasteiger partial charge in [-0.25, -0.2) is 14.0 Å². The Balaban J connectivity index is 1.87. The summed E-state index contributed by atoms with van der Waals surface area (Å²) < 4.78 is 13.6. The summed E-state index contributed by atoms with van der Waals surface area (Å²) in [6.07, 6.45) is -1.05. The number of hydrogen-bond donors (Lipinski definition) is 1. The van der Waals surface area contributed by atoms with Gasteiger partial charge in [-0.15, -0.1) is 0 Å². The van der Waals surface area contributed by atoms with Crippen LogP contribution in [0.1, 0.15) is 22.7 Å². The molecule has 1 N–H and O–H groups in total. The van der Waals surface area contributed by atoms with Crippen molar-refractivity contribution in [3.63, 3.8) is 0 Å². The zero-order chi connectivity index (χ0) is 22.0. The van der Waals surface area contributed by atoms with E-state index in [9.17, 15) is 19.1 Å². The molecular weight excluding hydrogens is 432 g/mol. The first kappa shape index (κ1) is 22.2. The van der Waals surface area contributed by atoms with Gasteiger partial charge in [0.15, 0.2) is 0 Å². The zero-order valence-electron chi connectivity index (χ0n) is 16.6. The van der Waals surface area contributed by atoms with Crippen LogP contribution in [0.2, 0.25) is 10.0 Å². The second kappa shape index (κ2) is 9.10. The van der Waals surface area contributed by atoms with Crippen molar-refractivity contribution in [3.8, 4) is 0 Å². The summed E-state index contributed by atoms with van der Waals surface area (Å²) in [6, 6.07) is 8.56. The first-order valence-electron chi connectivity index (χ1n) is 9.37. The molecule has 0 aliphatic carbocycles. The average Bonchev–Trinajstić information content (AvgIpc) is 2.69. The Morgan fingerprint density at radius 2 is 1.93 bits per heavy atom. The molecule has 0 radical (unpaired) electrons. The van der Waals surface area contributed by atoms with Crippen LogP contribution in [0.3, 0.4) is 0 Å². The molecule has 9 heteroatoms. The zero-order valence-corrected chi connectivity index (χ0v) is 18.1. The lowest BCUT2D eigenvalue weighted by Gasteiger charge is -2.42. The first-order chi connectivity index (χ1) is 14.2. The maximum Gasteiger partial charge on any atom is 0.407 e. The lowest BCUT2D eigenvalue weighted by Crippen LogP contribution is -2.54. The van der Waals surface area contributed by atoms with Crippen LogP contribution in [-0.2, 0) is 6.54 Å². The summed E-state index contributed by atoms with van der Waals surface area (Å²) in [5.74, 6) is -0.382. The molecule has 1 atom stereocenters. The van der Waals surface area contributed by atoms with Crippen LogP contribution in [-0.4, -0.2) is 58.6 Å². The highest BCUT2D eigenvalue weighted by atomic mass is 35.5. The SMILES string of the molecule is Cc1cc(F)ccc1[C@H]1CN(C(=O)O)CCN1C(=O)N(C)Cc1cc(Cl)ccc1Cl. The van der Waals surface area contributed by atoms with Gasteiger partial charge in [-0.05, 0) is 53.9 Å². The van der Waals surface area contributed by atoms with Gasteiger partial charge in [0.25, 0.3) is 0 Å². The molecule has 2 aromatic carbocycles. The monoisotopic (exact) mass is 453 g/mol. The van der Waals surface area contributed by atoms with Crippen LogP contribution in [0, 0.1) is 12.7 Å². The number of aryl methyl sites for hydroxylation is 1. The maximum absolute atomic E-state index is 13.6. The van der Waals surface area contributed by atoms with E-state index in [-0.39, 0.29) is 38.0 Å². The molecular formula is C21H22Cl2FN3O3. The van der Waals surface area contributed by atoms with Crippen molar-refractivity contribution in [2.24, 2.45) is 0 Å². The Labute approximate surface area is 184 Å². The van der Waals surface area contributed by atoms with Crippen LogP contribution in [0.4, 0.5) is 14.0 Å². The van der Waals surface area contributed by atoms with E-state index >= 15 is 0 Å². The van der Waals surface area contributed by atoms with Crippen LogP contribution in [0.15, 0.2) is 36.4 Å². The van der Waals surface area contributed by atoms with Crippen LogP contribution < -0.4 is 0 Å². The molecule has 2 aromatic rings. The van der Waals surface area contributed by atoms with Gasteiger partial charge >= 0.3 is 12.1 Å². The third-order valence-corrected chi connectivity index (χ3v) is 5.83.